The maximum Gasteiger partial charge on any atom is 0.192 e. The highest BCUT2D eigenvalue weighted by Crippen LogP contribution is 2.48. The molecular weight excluding hydrogens is 591 g/mol. The molecule has 0 N–H and O–H groups in total. The number of allylic oxidation sites excluding steroid dienone is 1. The minimum atomic E-state index is -2.75. The van der Waals surface area contributed by atoms with Crippen molar-refractivity contribution in [3.05, 3.63) is 72.3 Å². The standard InChI is InChI=1S/C39H61O4PSi/c1-29(2)37-32(5)23-24-39(42-37)27-34(43-45(9,10)38(6,7)8)26-33(41-39)22-21-30(3)25-31(4)28-44(40,35-17-13-11-14-18-35)36-19-15-12-16-20-36/h11-21,29,31-34,37H,22-28H2,1-10H3/b30-21+/t31-,32+,33-,34+,37-,39-/m1/s1. The summed E-state index contributed by atoms with van der Waals surface area (Å²) in [4.78, 5) is 0. The molecule has 0 aromatic heterocycles. The number of hydrogen-bond donors (Lipinski definition) is 0. The lowest BCUT2D eigenvalue weighted by molar-refractivity contribution is -0.338. The van der Waals surface area contributed by atoms with Crippen molar-refractivity contribution in [2.75, 3.05) is 6.16 Å². The molecule has 0 aliphatic carbocycles. The van der Waals surface area contributed by atoms with Gasteiger partial charge in [-0.1, -0.05) is 121 Å². The maximum atomic E-state index is 14.6. The van der Waals surface area contributed by atoms with E-state index in [4.69, 9.17) is 13.9 Å². The Morgan fingerprint density at radius 3 is 2.13 bits per heavy atom. The predicted molar refractivity (Wildman–Crippen MR) is 194 cm³/mol. The van der Waals surface area contributed by atoms with Gasteiger partial charge in [-0.25, -0.2) is 0 Å². The summed E-state index contributed by atoms with van der Waals surface area (Å²) in [5.41, 5.74) is 1.33. The molecule has 2 heterocycles. The first kappa shape index (κ1) is 36.3. The van der Waals surface area contributed by atoms with Crippen LogP contribution in [0.4, 0.5) is 0 Å². The second kappa shape index (κ2) is 14.7. The summed E-state index contributed by atoms with van der Waals surface area (Å²) >= 11 is 0. The van der Waals surface area contributed by atoms with Crippen LogP contribution in [0.3, 0.4) is 0 Å². The molecule has 2 aromatic carbocycles. The third kappa shape index (κ3) is 9.11. The minimum absolute atomic E-state index is 0.0553. The summed E-state index contributed by atoms with van der Waals surface area (Å²) in [6, 6.07) is 20.1. The van der Waals surface area contributed by atoms with Gasteiger partial charge >= 0.3 is 0 Å². The molecule has 0 bridgehead atoms. The Bertz CT molecular complexity index is 1260. The van der Waals surface area contributed by atoms with Gasteiger partial charge in [0.15, 0.2) is 14.1 Å². The largest absolute Gasteiger partial charge is 0.414 e. The average molecular weight is 653 g/mol. The molecule has 2 saturated heterocycles. The molecule has 0 radical (unpaired) electrons. The Morgan fingerprint density at radius 2 is 1.60 bits per heavy atom. The topological polar surface area (TPSA) is 44.8 Å². The Morgan fingerprint density at radius 1 is 1.02 bits per heavy atom. The van der Waals surface area contributed by atoms with Gasteiger partial charge in [0.25, 0.3) is 0 Å². The van der Waals surface area contributed by atoms with E-state index in [0.29, 0.717) is 18.0 Å². The van der Waals surface area contributed by atoms with Crippen molar-refractivity contribution < 1.29 is 18.5 Å². The van der Waals surface area contributed by atoms with E-state index in [1.54, 1.807) is 0 Å². The molecule has 2 fully saturated rings. The minimum Gasteiger partial charge on any atom is -0.414 e. The van der Waals surface area contributed by atoms with Gasteiger partial charge in [0.1, 0.15) is 7.14 Å². The molecule has 6 heteroatoms. The number of hydrogen-bond acceptors (Lipinski definition) is 4. The fourth-order valence-corrected chi connectivity index (χ4v) is 11.6. The fraction of sp³-hybridized carbons (Fsp3) is 0.641. The first-order valence-electron chi connectivity index (χ1n) is 17.4. The molecule has 0 amide bonds. The molecule has 2 aliphatic rings. The summed E-state index contributed by atoms with van der Waals surface area (Å²) in [7, 11) is -4.70. The van der Waals surface area contributed by atoms with Gasteiger partial charge in [0.05, 0.1) is 18.3 Å². The average Bonchev–Trinajstić information content (AvgIpc) is 2.97. The van der Waals surface area contributed by atoms with Crippen molar-refractivity contribution in [3.63, 3.8) is 0 Å². The zero-order chi connectivity index (χ0) is 33.0. The molecule has 0 unspecified atom stereocenters. The van der Waals surface area contributed by atoms with Crippen LogP contribution in [0.2, 0.25) is 18.1 Å². The first-order valence-corrected chi connectivity index (χ1v) is 22.2. The van der Waals surface area contributed by atoms with E-state index >= 15 is 0 Å². The molecule has 4 nitrogen and oxygen atoms in total. The molecule has 2 aromatic rings. The van der Waals surface area contributed by atoms with Gasteiger partial charge in [-0.05, 0) is 68.5 Å². The fourth-order valence-electron chi connectivity index (χ4n) is 7.18. The van der Waals surface area contributed by atoms with Gasteiger partial charge in [0.2, 0.25) is 0 Å². The van der Waals surface area contributed by atoms with Gasteiger partial charge in [-0.3, -0.25) is 0 Å². The van der Waals surface area contributed by atoms with Crippen molar-refractivity contribution in [1.29, 1.82) is 0 Å². The van der Waals surface area contributed by atoms with E-state index < -0.39 is 21.2 Å². The highest BCUT2D eigenvalue weighted by Gasteiger charge is 2.50. The third-order valence-corrected chi connectivity index (χ3v) is 18.5. The Labute approximate surface area is 276 Å². The summed E-state index contributed by atoms with van der Waals surface area (Å²) < 4.78 is 35.6. The van der Waals surface area contributed by atoms with Gasteiger partial charge in [-0.2, -0.15) is 0 Å². The maximum absolute atomic E-state index is 14.6. The summed E-state index contributed by atoms with van der Waals surface area (Å²) in [6.07, 6.45) is 8.94. The van der Waals surface area contributed by atoms with Gasteiger partial charge in [-0.15, -0.1) is 0 Å². The van der Waals surface area contributed by atoms with Crippen molar-refractivity contribution in [2.24, 2.45) is 17.8 Å². The lowest BCUT2D eigenvalue weighted by Gasteiger charge is -2.52. The zero-order valence-corrected chi connectivity index (χ0v) is 31.7. The van der Waals surface area contributed by atoms with E-state index in [0.717, 1.165) is 49.1 Å². The molecule has 0 saturated carbocycles. The van der Waals surface area contributed by atoms with Crippen molar-refractivity contribution in [2.45, 2.75) is 136 Å². The SMILES string of the molecule is C/C(=C\C[C@@H]1C[C@H](O[Si](C)(C)C(C)(C)C)C[C@]2(CC[C@H](C)[C@@H](C(C)C)O2)O1)C[C@@H](C)CP(=O)(c1ccccc1)c1ccccc1. The van der Waals surface area contributed by atoms with Crippen LogP contribution in [0, 0.1) is 17.8 Å². The lowest BCUT2D eigenvalue weighted by atomic mass is 9.83. The van der Waals surface area contributed by atoms with Crippen LogP contribution >= 0.6 is 7.14 Å². The monoisotopic (exact) mass is 652 g/mol. The third-order valence-electron chi connectivity index (χ3n) is 10.6. The van der Waals surface area contributed by atoms with Crippen LogP contribution in [-0.4, -0.2) is 38.6 Å². The van der Waals surface area contributed by atoms with Crippen LogP contribution in [-0.2, 0) is 18.5 Å². The molecule has 1 spiro atoms. The lowest BCUT2D eigenvalue weighted by Crippen LogP contribution is -2.56. The summed E-state index contributed by atoms with van der Waals surface area (Å²) in [6.45, 7) is 23.0. The zero-order valence-electron chi connectivity index (χ0n) is 29.8. The summed E-state index contributed by atoms with van der Waals surface area (Å²) in [5, 5.41) is 2.04. The quantitative estimate of drug-likeness (QED) is 0.138. The van der Waals surface area contributed by atoms with Crippen LogP contribution in [0.25, 0.3) is 0 Å². The molecular formula is C39H61O4PSi. The van der Waals surface area contributed by atoms with Crippen molar-refractivity contribution >= 4 is 26.1 Å². The van der Waals surface area contributed by atoms with Gasteiger partial charge < -0.3 is 18.5 Å². The molecule has 4 rings (SSSR count). The normalized spacial score (nSPS) is 27.6. The Hall–Kier alpha value is -1.49. The van der Waals surface area contributed by atoms with Crippen molar-refractivity contribution in [1.82, 2.24) is 0 Å². The molecule has 250 valence electrons. The van der Waals surface area contributed by atoms with E-state index in [2.05, 4.69) is 74.6 Å². The highest BCUT2D eigenvalue weighted by molar-refractivity contribution is 7.78. The van der Waals surface area contributed by atoms with E-state index in [9.17, 15) is 4.57 Å². The second-order valence-electron chi connectivity index (χ2n) is 16.1. The van der Waals surface area contributed by atoms with Crippen LogP contribution in [0.1, 0.15) is 93.9 Å². The molecule has 45 heavy (non-hydrogen) atoms. The number of ether oxygens (including phenoxy) is 2. The van der Waals surface area contributed by atoms with Crippen LogP contribution < -0.4 is 10.6 Å². The molecule has 2 aliphatic heterocycles. The Balaban J connectivity index is 1.49. The highest BCUT2D eigenvalue weighted by atomic mass is 31.2. The number of benzene rings is 2. The van der Waals surface area contributed by atoms with Crippen LogP contribution in [0.15, 0.2) is 72.3 Å². The van der Waals surface area contributed by atoms with E-state index in [-0.39, 0.29) is 29.3 Å². The van der Waals surface area contributed by atoms with Crippen molar-refractivity contribution in [3.8, 4) is 0 Å². The Kier molecular flexibility index (Phi) is 11.9. The van der Waals surface area contributed by atoms with E-state index in [1.807, 2.05) is 60.7 Å². The number of rotatable bonds is 11. The smallest absolute Gasteiger partial charge is 0.192 e. The first-order chi connectivity index (χ1) is 21.0. The second-order valence-corrected chi connectivity index (χ2v) is 23.8. The van der Waals surface area contributed by atoms with E-state index in [1.165, 1.54) is 5.57 Å². The van der Waals surface area contributed by atoms with Gasteiger partial charge in [0, 0.05) is 29.6 Å². The van der Waals surface area contributed by atoms with Crippen LogP contribution in [0.5, 0.6) is 0 Å². The molecule has 6 atom stereocenters. The predicted octanol–water partition coefficient (Wildman–Crippen LogP) is 10.1. The summed E-state index contributed by atoms with van der Waals surface area (Å²) in [5.74, 6) is 0.693.